The molecule has 0 aromatic heterocycles. The van der Waals surface area contributed by atoms with Crippen LogP contribution in [0.3, 0.4) is 0 Å². The lowest BCUT2D eigenvalue weighted by Gasteiger charge is -2.47. The van der Waals surface area contributed by atoms with Gasteiger partial charge in [0.15, 0.2) is 5.78 Å². The summed E-state index contributed by atoms with van der Waals surface area (Å²) in [7, 11) is 0. The molecular formula is C58H58O9. The van der Waals surface area contributed by atoms with E-state index in [-0.39, 0.29) is 62.5 Å². The van der Waals surface area contributed by atoms with E-state index >= 15 is 0 Å². The van der Waals surface area contributed by atoms with Crippen LogP contribution in [0.15, 0.2) is 176 Å². The zero-order chi connectivity index (χ0) is 46.4. The maximum atomic E-state index is 13.8. The van der Waals surface area contributed by atoms with Crippen molar-refractivity contribution in [3.8, 4) is 17.2 Å². The summed E-state index contributed by atoms with van der Waals surface area (Å²) in [6.45, 7) is 6.79. The average molecular weight is 899 g/mol. The van der Waals surface area contributed by atoms with Crippen molar-refractivity contribution in [2.75, 3.05) is 6.61 Å². The molecule has 0 aliphatic carbocycles. The van der Waals surface area contributed by atoms with Crippen LogP contribution >= 0.6 is 0 Å². The van der Waals surface area contributed by atoms with Crippen LogP contribution in [0.25, 0.3) is 0 Å². The first-order valence-corrected chi connectivity index (χ1v) is 22.8. The van der Waals surface area contributed by atoms with Gasteiger partial charge in [0.25, 0.3) is 0 Å². The van der Waals surface area contributed by atoms with Gasteiger partial charge in [0.05, 0.1) is 38.6 Å². The molecule has 5 atom stereocenters. The van der Waals surface area contributed by atoms with Gasteiger partial charge in [-0.3, -0.25) is 4.79 Å². The van der Waals surface area contributed by atoms with Gasteiger partial charge in [-0.05, 0) is 65.3 Å². The summed E-state index contributed by atoms with van der Waals surface area (Å²) >= 11 is 0. The third kappa shape index (κ3) is 12.3. The summed E-state index contributed by atoms with van der Waals surface area (Å²) in [5.74, 6) is -0.288. The van der Waals surface area contributed by atoms with Gasteiger partial charge in [-0.2, -0.15) is 0 Å². The molecule has 1 fully saturated rings. The molecule has 9 heteroatoms. The standard InChI is InChI=1S/C58H58O9/c1-40-20-16-18-30-47(40)37-62-50-32-49(60)52(42(3)59)55(66-38-48-31-19-17-21-41(48)2)53(50)56-58(65-36-46-28-14-7-15-29-46)57(64-35-45-26-12-6-13-27-45)54(63-34-44-24-10-5-11-25-44)51(67-56)39-61-33-43-22-8-4-9-23-43/h4-32,51,54,56-58,60H,33-39H2,1-3H3/t51-,54-,56+,57+,58+/m1/s1. The number of ketones is 1. The van der Waals surface area contributed by atoms with Crippen LogP contribution < -0.4 is 9.47 Å². The molecule has 0 amide bonds. The lowest BCUT2D eigenvalue weighted by Crippen LogP contribution is -2.58. The molecule has 1 N–H and O–H groups in total. The topological polar surface area (TPSA) is 102 Å². The Labute approximate surface area is 393 Å². The monoisotopic (exact) mass is 898 g/mol. The lowest BCUT2D eigenvalue weighted by molar-refractivity contribution is -0.275. The first-order chi connectivity index (χ1) is 32.8. The molecule has 1 aliphatic heterocycles. The first kappa shape index (κ1) is 46.9. The second kappa shape index (κ2) is 23.2. The molecule has 9 nitrogen and oxygen atoms in total. The van der Waals surface area contributed by atoms with E-state index in [1.54, 1.807) is 0 Å². The van der Waals surface area contributed by atoms with E-state index in [0.717, 1.165) is 44.5 Å². The van der Waals surface area contributed by atoms with Crippen LogP contribution in [0, 0.1) is 13.8 Å². The summed E-state index contributed by atoms with van der Waals surface area (Å²) in [5.41, 5.74) is 8.14. The number of phenols is 1. The molecule has 0 radical (unpaired) electrons. The number of carbonyl (C=O) groups excluding carboxylic acids is 1. The number of benzene rings is 7. The highest BCUT2D eigenvalue weighted by molar-refractivity contribution is 6.00. The molecular weight excluding hydrogens is 841 g/mol. The Hall–Kier alpha value is -6.59. The van der Waals surface area contributed by atoms with Crippen molar-refractivity contribution >= 4 is 5.78 Å². The van der Waals surface area contributed by atoms with Crippen LogP contribution in [0.1, 0.15) is 73.5 Å². The van der Waals surface area contributed by atoms with Gasteiger partial charge in [-0.25, -0.2) is 0 Å². The summed E-state index contributed by atoms with van der Waals surface area (Å²) in [6.07, 6.45) is -4.20. The predicted molar refractivity (Wildman–Crippen MR) is 258 cm³/mol. The van der Waals surface area contributed by atoms with Crippen molar-refractivity contribution in [3.05, 3.63) is 232 Å². The SMILES string of the molecule is CC(=O)c1c(O)cc(OCc2ccccc2C)c([C@@H]2O[C@H](COCc3ccccc3)[C@@H](OCc3ccccc3)[C@H](OCc3ccccc3)[C@H]2OCc2ccccc2)c1OCc1ccccc1C. The van der Waals surface area contributed by atoms with Crippen molar-refractivity contribution in [3.63, 3.8) is 0 Å². The zero-order valence-corrected chi connectivity index (χ0v) is 38.3. The Morgan fingerprint density at radius 3 is 1.45 bits per heavy atom. The second-order valence-corrected chi connectivity index (χ2v) is 16.9. The Morgan fingerprint density at radius 1 is 0.522 bits per heavy atom. The van der Waals surface area contributed by atoms with E-state index in [1.165, 1.54) is 13.0 Å². The molecule has 0 spiro atoms. The summed E-state index contributed by atoms with van der Waals surface area (Å²) in [4.78, 5) is 13.8. The van der Waals surface area contributed by atoms with Crippen molar-refractivity contribution in [2.24, 2.45) is 0 Å². The highest BCUT2D eigenvalue weighted by Gasteiger charge is 2.51. The number of ether oxygens (including phenoxy) is 7. The molecule has 0 unspecified atom stereocenters. The number of carbonyl (C=O) groups is 1. The van der Waals surface area contributed by atoms with E-state index in [2.05, 4.69) is 0 Å². The number of Topliss-reactive ketones (excluding diaryl/α,β-unsaturated/α-hetero) is 1. The lowest BCUT2D eigenvalue weighted by atomic mass is 9.88. The second-order valence-electron chi connectivity index (χ2n) is 16.9. The molecule has 0 bridgehead atoms. The minimum Gasteiger partial charge on any atom is -0.507 e. The Kier molecular flexibility index (Phi) is 16.3. The summed E-state index contributed by atoms with van der Waals surface area (Å²) in [6, 6.07) is 57.2. The molecule has 1 aliphatic rings. The number of phenolic OH excluding ortho intramolecular Hbond substituents is 1. The molecule has 7 aromatic carbocycles. The van der Waals surface area contributed by atoms with Gasteiger partial charge in [0.2, 0.25) is 0 Å². The molecule has 8 rings (SSSR count). The van der Waals surface area contributed by atoms with Crippen LogP contribution in [-0.4, -0.2) is 41.9 Å². The number of hydrogen-bond donors (Lipinski definition) is 1. The molecule has 344 valence electrons. The van der Waals surface area contributed by atoms with E-state index < -0.39 is 36.3 Å². The number of aryl methyl sites for hydroxylation is 2. The van der Waals surface area contributed by atoms with Gasteiger partial charge in [-0.15, -0.1) is 0 Å². The quantitative estimate of drug-likeness (QED) is 0.0707. The maximum absolute atomic E-state index is 13.8. The van der Waals surface area contributed by atoms with E-state index in [1.807, 2.05) is 184 Å². The summed E-state index contributed by atoms with van der Waals surface area (Å²) in [5, 5.41) is 11.8. The predicted octanol–water partition coefficient (Wildman–Crippen LogP) is 11.8. The molecule has 7 aromatic rings. The van der Waals surface area contributed by atoms with Gasteiger partial charge in [0, 0.05) is 6.07 Å². The molecule has 1 saturated heterocycles. The normalized spacial score (nSPS) is 18.0. The molecule has 67 heavy (non-hydrogen) atoms. The zero-order valence-electron chi connectivity index (χ0n) is 38.3. The fraction of sp³-hybridized carbons (Fsp3) is 0.259. The Bertz CT molecular complexity index is 2640. The third-order valence-corrected chi connectivity index (χ3v) is 12.1. The van der Waals surface area contributed by atoms with Crippen LogP contribution in [0.4, 0.5) is 0 Å². The van der Waals surface area contributed by atoms with Gasteiger partial charge in [-0.1, -0.05) is 170 Å². The molecule has 0 saturated carbocycles. The van der Waals surface area contributed by atoms with Gasteiger partial charge in [0.1, 0.15) is 66.5 Å². The summed E-state index contributed by atoms with van der Waals surface area (Å²) < 4.78 is 48.7. The molecule has 1 heterocycles. The fourth-order valence-corrected chi connectivity index (χ4v) is 8.39. The highest BCUT2D eigenvalue weighted by atomic mass is 16.6. The van der Waals surface area contributed by atoms with Crippen molar-refractivity contribution in [2.45, 2.75) is 90.9 Å². The van der Waals surface area contributed by atoms with Crippen LogP contribution in [0.5, 0.6) is 17.2 Å². The van der Waals surface area contributed by atoms with Gasteiger partial charge >= 0.3 is 0 Å². The number of aromatic hydroxyl groups is 1. The van der Waals surface area contributed by atoms with Crippen molar-refractivity contribution in [1.82, 2.24) is 0 Å². The number of hydrogen-bond acceptors (Lipinski definition) is 9. The minimum atomic E-state index is -1.02. The van der Waals surface area contributed by atoms with Crippen molar-refractivity contribution in [1.29, 1.82) is 0 Å². The first-order valence-electron chi connectivity index (χ1n) is 22.8. The maximum Gasteiger partial charge on any atom is 0.167 e. The van der Waals surface area contributed by atoms with E-state index in [9.17, 15) is 9.90 Å². The number of rotatable bonds is 21. The minimum absolute atomic E-state index is 0.00156. The van der Waals surface area contributed by atoms with Crippen LogP contribution in [-0.2, 0) is 63.3 Å². The fourth-order valence-electron chi connectivity index (χ4n) is 8.39. The Balaban J connectivity index is 1.30. The largest absolute Gasteiger partial charge is 0.507 e. The van der Waals surface area contributed by atoms with E-state index in [0.29, 0.717) is 12.2 Å². The van der Waals surface area contributed by atoms with Crippen molar-refractivity contribution < 1.29 is 43.1 Å². The average Bonchev–Trinajstić information content (AvgIpc) is 3.35. The van der Waals surface area contributed by atoms with E-state index in [4.69, 9.17) is 33.2 Å². The third-order valence-electron chi connectivity index (χ3n) is 12.1. The highest BCUT2D eigenvalue weighted by Crippen LogP contribution is 2.49. The smallest absolute Gasteiger partial charge is 0.167 e. The van der Waals surface area contributed by atoms with Gasteiger partial charge < -0.3 is 38.3 Å². The Morgan fingerprint density at radius 2 is 0.955 bits per heavy atom. The van der Waals surface area contributed by atoms with Crippen LogP contribution in [0.2, 0.25) is 0 Å².